The number of hydrogen-bond donors (Lipinski definition) is 0. The van der Waals surface area contributed by atoms with Crippen LogP contribution in [-0.2, 0) is 11.2 Å². The molecule has 1 atom stereocenters. The molecular weight excluding hydrogens is 194 g/mol. The van der Waals surface area contributed by atoms with Crippen LogP contribution in [0.5, 0.6) is 11.5 Å². The van der Waals surface area contributed by atoms with E-state index in [4.69, 9.17) is 9.47 Å². The summed E-state index contributed by atoms with van der Waals surface area (Å²) in [5.74, 6) is 1.35. The van der Waals surface area contributed by atoms with Gasteiger partial charge in [0, 0.05) is 18.1 Å². The molecule has 1 heterocycles. The number of isocyanates is 1. The first-order valence-corrected chi connectivity index (χ1v) is 4.70. The van der Waals surface area contributed by atoms with Crippen molar-refractivity contribution in [2.45, 2.75) is 19.4 Å². The quantitative estimate of drug-likeness (QED) is 0.548. The van der Waals surface area contributed by atoms with E-state index in [1.165, 1.54) is 6.08 Å². The molecule has 0 bridgehead atoms. The summed E-state index contributed by atoms with van der Waals surface area (Å²) in [4.78, 5) is 13.9. The largest absolute Gasteiger partial charge is 0.497 e. The number of aliphatic imine (C=N–C) groups is 1. The first kappa shape index (κ1) is 9.74. The molecule has 4 nitrogen and oxygen atoms in total. The Bertz CT molecular complexity index is 436. The van der Waals surface area contributed by atoms with Crippen molar-refractivity contribution < 1.29 is 14.3 Å². The van der Waals surface area contributed by atoms with Gasteiger partial charge >= 0.3 is 0 Å². The minimum Gasteiger partial charge on any atom is -0.497 e. The van der Waals surface area contributed by atoms with E-state index < -0.39 is 0 Å². The van der Waals surface area contributed by atoms with Gasteiger partial charge in [-0.15, -0.1) is 0 Å². The summed E-state index contributed by atoms with van der Waals surface area (Å²) in [5.41, 5.74) is 1.51. The average molecular weight is 205 g/mol. The molecule has 1 aliphatic rings. The van der Waals surface area contributed by atoms with E-state index in [2.05, 4.69) is 4.99 Å². The lowest BCUT2D eigenvalue weighted by Crippen LogP contribution is -2.05. The van der Waals surface area contributed by atoms with Crippen LogP contribution in [0.1, 0.15) is 12.5 Å². The van der Waals surface area contributed by atoms with Gasteiger partial charge in [0.25, 0.3) is 0 Å². The lowest BCUT2D eigenvalue weighted by molar-refractivity contribution is 0.255. The van der Waals surface area contributed by atoms with Gasteiger partial charge in [0.15, 0.2) is 0 Å². The zero-order valence-corrected chi connectivity index (χ0v) is 8.61. The fourth-order valence-corrected chi connectivity index (χ4v) is 1.73. The molecule has 1 unspecified atom stereocenters. The molecular formula is C11H11NO3. The van der Waals surface area contributed by atoms with Crippen LogP contribution in [-0.4, -0.2) is 19.3 Å². The molecule has 0 spiro atoms. The Hall–Kier alpha value is -1.80. The van der Waals surface area contributed by atoms with E-state index in [0.29, 0.717) is 17.2 Å². The van der Waals surface area contributed by atoms with Gasteiger partial charge in [-0.1, -0.05) is 0 Å². The van der Waals surface area contributed by atoms with E-state index in [1.807, 2.05) is 13.0 Å². The van der Waals surface area contributed by atoms with Crippen LogP contribution in [0, 0.1) is 0 Å². The van der Waals surface area contributed by atoms with Crippen LogP contribution in [0.4, 0.5) is 5.69 Å². The SMILES string of the molecule is COc1cc2c(c(N=C=O)c1)OC(C)C2. The predicted octanol–water partition coefficient (Wildman–Crippen LogP) is 1.99. The number of methoxy groups -OCH3 is 1. The number of fused-ring (bicyclic) bond motifs is 1. The van der Waals surface area contributed by atoms with Gasteiger partial charge in [0.05, 0.1) is 7.11 Å². The maximum absolute atomic E-state index is 10.3. The molecule has 0 aliphatic carbocycles. The second-order valence-corrected chi connectivity index (χ2v) is 3.47. The third-order valence-electron chi connectivity index (χ3n) is 2.35. The van der Waals surface area contributed by atoms with Crippen LogP contribution in [0.25, 0.3) is 0 Å². The first-order chi connectivity index (χ1) is 7.24. The van der Waals surface area contributed by atoms with Gasteiger partial charge in [-0.25, -0.2) is 4.79 Å². The van der Waals surface area contributed by atoms with Crippen LogP contribution >= 0.6 is 0 Å². The number of carbonyl (C=O) groups excluding carboxylic acids is 1. The molecule has 0 radical (unpaired) electrons. The van der Waals surface area contributed by atoms with Crippen molar-refractivity contribution in [2.75, 3.05) is 7.11 Å². The molecule has 0 aromatic heterocycles. The van der Waals surface area contributed by atoms with Gasteiger partial charge in [0.2, 0.25) is 6.08 Å². The Kier molecular flexibility index (Phi) is 2.44. The summed E-state index contributed by atoms with van der Waals surface area (Å²) in [6.45, 7) is 1.97. The van der Waals surface area contributed by atoms with Gasteiger partial charge in [-0.05, 0) is 13.0 Å². The van der Waals surface area contributed by atoms with Crippen molar-refractivity contribution >= 4 is 11.8 Å². The molecule has 0 N–H and O–H groups in total. The summed E-state index contributed by atoms with van der Waals surface area (Å²) in [6.07, 6.45) is 2.45. The maximum Gasteiger partial charge on any atom is 0.240 e. The lowest BCUT2D eigenvalue weighted by Gasteiger charge is -2.06. The topological polar surface area (TPSA) is 47.9 Å². The van der Waals surface area contributed by atoms with Crippen LogP contribution in [0.2, 0.25) is 0 Å². The fraction of sp³-hybridized carbons (Fsp3) is 0.364. The molecule has 0 fully saturated rings. The number of rotatable bonds is 2. The molecule has 0 saturated carbocycles. The summed E-state index contributed by atoms with van der Waals surface area (Å²) in [6, 6.07) is 3.57. The van der Waals surface area contributed by atoms with Crippen LogP contribution < -0.4 is 9.47 Å². The molecule has 1 aromatic carbocycles. The Morgan fingerprint density at radius 2 is 2.40 bits per heavy atom. The van der Waals surface area contributed by atoms with Crippen molar-refractivity contribution in [3.8, 4) is 11.5 Å². The zero-order chi connectivity index (χ0) is 10.8. The molecule has 2 rings (SSSR count). The van der Waals surface area contributed by atoms with E-state index in [9.17, 15) is 4.79 Å². The van der Waals surface area contributed by atoms with Crippen molar-refractivity contribution in [2.24, 2.45) is 4.99 Å². The highest BCUT2D eigenvalue weighted by molar-refractivity contribution is 5.65. The average Bonchev–Trinajstić information content (AvgIpc) is 2.58. The van der Waals surface area contributed by atoms with E-state index in [1.54, 1.807) is 13.2 Å². The first-order valence-electron chi connectivity index (χ1n) is 4.70. The van der Waals surface area contributed by atoms with E-state index in [0.717, 1.165) is 12.0 Å². The van der Waals surface area contributed by atoms with E-state index >= 15 is 0 Å². The summed E-state index contributed by atoms with van der Waals surface area (Å²) in [7, 11) is 1.58. The standard InChI is InChI=1S/C11H11NO3/c1-7-3-8-4-9(14-2)5-10(12-6-13)11(8)15-7/h4-5,7H,3H2,1-2H3. The van der Waals surface area contributed by atoms with Crippen molar-refractivity contribution in [3.63, 3.8) is 0 Å². The fourth-order valence-electron chi connectivity index (χ4n) is 1.73. The monoisotopic (exact) mass is 205 g/mol. The summed E-state index contributed by atoms with van der Waals surface area (Å²) in [5, 5.41) is 0. The Morgan fingerprint density at radius 3 is 3.07 bits per heavy atom. The third kappa shape index (κ3) is 1.72. The summed E-state index contributed by atoms with van der Waals surface area (Å²) >= 11 is 0. The molecule has 1 aliphatic heterocycles. The predicted molar refractivity (Wildman–Crippen MR) is 54.6 cm³/mol. The lowest BCUT2D eigenvalue weighted by atomic mass is 10.1. The van der Waals surface area contributed by atoms with Gasteiger partial charge < -0.3 is 9.47 Å². The van der Waals surface area contributed by atoms with Gasteiger partial charge in [-0.3, -0.25) is 0 Å². The number of hydrogen-bond acceptors (Lipinski definition) is 4. The normalized spacial score (nSPS) is 17.6. The number of benzene rings is 1. The van der Waals surface area contributed by atoms with Crippen LogP contribution in [0.3, 0.4) is 0 Å². The number of ether oxygens (including phenoxy) is 2. The number of nitrogens with zero attached hydrogens (tertiary/aromatic N) is 1. The van der Waals surface area contributed by atoms with Crippen molar-refractivity contribution in [3.05, 3.63) is 17.7 Å². The summed E-state index contributed by atoms with van der Waals surface area (Å²) < 4.78 is 10.7. The highest BCUT2D eigenvalue weighted by atomic mass is 16.5. The Morgan fingerprint density at radius 1 is 1.60 bits per heavy atom. The van der Waals surface area contributed by atoms with Crippen molar-refractivity contribution in [1.29, 1.82) is 0 Å². The second kappa shape index (κ2) is 3.75. The van der Waals surface area contributed by atoms with Crippen molar-refractivity contribution in [1.82, 2.24) is 0 Å². The minimum absolute atomic E-state index is 0.118. The molecule has 4 heteroatoms. The maximum atomic E-state index is 10.3. The smallest absolute Gasteiger partial charge is 0.240 e. The van der Waals surface area contributed by atoms with Crippen LogP contribution in [0.15, 0.2) is 17.1 Å². The Balaban J connectivity index is 2.54. The molecule has 78 valence electrons. The van der Waals surface area contributed by atoms with Gasteiger partial charge in [0.1, 0.15) is 23.3 Å². The zero-order valence-electron chi connectivity index (χ0n) is 8.61. The second-order valence-electron chi connectivity index (χ2n) is 3.47. The van der Waals surface area contributed by atoms with Gasteiger partial charge in [-0.2, -0.15) is 4.99 Å². The third-order valence-corrected chi connectivity index (χ3v) is 2.35. The highest BCUT2D eigenvalue weighted by Crippen LogP contribution is 2.40. The molecule has 0 amide bonds. The van der Waals surface area contributed by atoms with E-state index in [-0.39, 0.29) is 6.10 Å². The highest BCUT2D eigenvalue weighted by Gasteiger charge is 2.23. The minimum atomic E-state index is 0.118. The molecule has 1 aromatic rings. The molecule has 0 saturated heterocycles. The molecule has 15 heavy (non-hydrogen) atoms. The Labute approximate surface area is 87.5 Å².